The summed E-state index contributed by atoms with van der Waals surface area (Å²) in [5.74, 6) is 1.68. The van der Waals surface area contributed by atoms with Crippen molar-refractivity contribution < 1.29 is 4.74 Å². The lowest BCUT2D eigenvalue weighted by atomic mass is 9.98. The highest BCUT2D eigenvalue weighted by molar-refractivity contribution is 5.62. The first kappa shape index (κ1) is 16.2. The van der Waals surface area contributed by atoms with Gasteiger partial charge in [-0.25, -0.2) is 0 Å². The first-order valence-corrected chi connectivity index (χ1v) is 8.27. The van der Waals surface area contributed by atoms with Gasteiger partial charge in [0.25, 0.3) is 0 Å². The fourth-order valence-corrected chi connectivity index (χ4v) is 3.59. The van der Waals surface area contributed by atoms with Crippen molar-refractivity contribution in [3.8, 4) is 5.75 Å². The van der Waals surface area contributed by atoms with Gasteiger partial charge in [-0.05, 0) is 44.4 Å². The number of benzene rings is 1. The Morgan fingerprint density at radius 3 is 2.71 bits per heavy atom. The Balaban J connectivity index is 2.42. The smallest absolute Gasteiger partial charge is 0.125 e. The van der Waals surface area contributed by atoms with Crippen LogP contribution in [0.15, 0.2) is 18.2 Å². The molecule has 2 unspecified atom stereocenters. The van der Waals surface area contributed by atoms with Gasteiger partial charge in [-0.1, -0.05) is 26.8 Å². The molecule has 1 aromatic carbocycles. The molecule has 0 aromatic heterocycles. The quantitative estimate of drug-likeness (QED) is 0.857. The highest BCUT2D eigenvalue weighted by atomic mass is 16.5. The van der Waals surface area contributed by atoms with Gasteiger partial charge in [-0.2, -0.15) is 0 Å². The maximum absolute atomic E-state index is 5.64. The maximum atomic E-state index is 5.64. The van der Waals surface area contributed by atoms with E-state index in [1.54, 1.807) is 7.11 Å². The predicted molar refractivity (Wildman–Crippen MR) is 90.3 cm³/mol. The fraction of sp³-hybridized carbons (Fsp3) is 0.667. The van der Waals surface area contributed by atoms with Crippen LogP contribution in [-0.4, -0.2) is 26.2 Å². The second-order valence-corrected chi connectivity index (χ2v) is 6.32. The van der Waals surface area contributed by atoms with Gasteiger partial charge in [0.2, 0.25) is 0 Å². The molecule has 3 nitrogen and oxygen atoms in total. The van der Waals surface area contributed by atoms with Crippen LogP contribution in [0.25, 0.3) is 0 Å². The van der Waals surface area contributed by atoms with Crippen molar-refractivity contribution in [2.24, 2.45) is 5.92 Å². The third-order valence-corrected chi connectivity index (χ3v) is 4.58. The molecule has 118 valence electrons. The molecule has 21 heavy (non-hydrogen) atoms. The summed E-state index contributed by atoms with van der Waals surface area (Å²) in [6.07, 6.45) is 2.58. The molecule has 0 bridgehead atoms. The van der Waals surface area contributed by atoms with Gasteiger partial charge >= 0.3 is 0 Å². The van der Waals surface area contributed by atoms with Crippen LogP contribution < -0.4 is 15.0 Å². The largest absolute Gasteiger partial charge is 0.496 e. The molecule has 0 spiro atoms. The number of nitrogens with zero attached hydrogens (tertiary/aromatic N) is 1. The van der Waals surface area contributed by atoms with Gasteiger partial charge in [0.15, 0.2) is 0 Å². The Hall–Kier alpha value is -1.22. The highest BCUT2D eigenvalue weighted by Gasteiger charge is 2.30. The van der Waals surface area contributed by atoms with E-state index in [2.05, 4.69) is 56.1 Å². The zero-order valence-corrected chi connectivity index (χ0v) is 14.1. The molecule has 3 heteroatoms. The average molecular weight is 290 g/mol. The van der Waals surface area contributed by atoms with Crippen molar-refractivity contribution in [3.63, 3.8) is 0 Å². The number of ether oxygens (including phenoxy) is 1. The van der Waals surface area contributed by atoms with Crippen LogP contribution in [0.2, 0.25) is 0 Å². The summed E-state index contributed by atoms with van der Waals surface area (Å²) in [5.41, 5.74) is 2.65. The zero-order valence-electron chi connectivity index (χ0n) is 14.1. The van der Waals surface area contributed by atoms with Gasteiger partial charge in [-0.15, -0.1) is 0 Å². The monoisotopic (exact) mass is 290 g/mol. The predicted octanol–water partition coefficient (Wildman–Crippen LogP) is 3.99. The Bertz CT molecular complexity index is 459. The lowest BCUT2D eigenvalue weighted by molar-refractivity contribution is 0.401. The Morgan fingerprint density at radius 2 is 2.10 bits per heavy atom. The second-order valence-electron chi connectivity index (χ2n) is 6.32. The molecule has 2 rings (SSSR count). The standard InChI is InChI=1S/C18H30N2O/c1-6-19-14(4)18-16(9-7-11-17(18)21-5)20-12-8-10-15(20)13(2)3/h7,9,11,13-15,19H,6,8,10,12H2,1-5H3. The van der Waals surface area contributed by atoms with E-state index in [4.69, 9.17) is 4.74 Å². The summed E-state index contributed by atoms with van der Waals surface area (Å²) in [6, 6.07) is 7.39. The summed E-state index contributed by atoms with van der Waals surface area (Å²) < 4.78 is 5.64. The first-order chi connectivity index (χ1) is 10.1. The molecule has 1 aliphatic heterocycles. The number of hydrogen-bond acceptors (Lipinski definition) is 3. The molecule has 2 atom stereocenters. The number of hydrogen-bond donors (Lipinski definition) is 1. The van der Waals surface area contributed by atoms with Crippen molar-refractivity contribution in [1.82, 2.24) is 5.32 Å². The molecule has 1 N–H and O–H groups in total. The van der Waals surface area contributed by atoms with Crippen LogP contribution >= 0.6 is 0 Å². The lowest BCUT2D eigenvalue weighted by Crippen LogP contribution is -2.35. The van der Waals surface area contributed by atoms with E-state index >= 15 is 0 Å². The summed E-state index contributed by atoms with van der Waals surface area (Å²) in [7, 11) is 1.77. The van der Waals surface area contributed by atoms with E-state index in [-0.39, 0.29) is 0 Å². The van der Waals surface area contributed by atoms with Crippen molar-refractivity contribution in [3.05, 3.63) is 23.8 Å². The van der Waals surface area contributed by atoms with E-state index in [0.29, 0.717) is 18.0 Å². The second kappa shape index (κ2) is 7.17. The molecular weight excluding hydrogens is 260 g/mol. The number of rotatable bonds is 6. The topological polar surface area (TPSA) is 24.5 Å². The molecule has 1 heterocycles. The molecular formula is C18H30N2O. The molecule has 1 saturated heterocycles. The zero-order chi connectivity index (χ0) is 15.4. The summed E-state index contributed by atoms with van der Waals surface area (Å²) >= 11 is 0. The van der Waals surface area contributed by atoms with Crippen LogP contribution in [0.4, 0.5) is 5.69 Å². The van der Waals surface area contributed by atoms with Crippen LogP contribution in [0.5, 0.6) is 5.75 Å². The van der Waals surface area contributed by atoms with Gasteiger partial charge in [-0.3, -0.25) is 0 Å². The van der Waals surface area contributed by atoms with Gasteiger partial charge in [0, 0.05) is 29.9 Å². The molecule has 0 radical (unpaired) electrons. The van der Waals surface area contributed by atoms with Crippen molar-refractivity contribution >= 4 is 5.69 Å². The SMILES string of the molecule is CCNC(C)c1c(OC)cccc1N1CCCC1C(C)C. The average Bonchev–Trinajstić information content (AvgIpc) is 2.96. The van der Waals surface area contributed by atoms with Crippen LogP contribution in [0.3, 0.4) is 0 Å². The molecule has 1 fully saturated rings. The van der Waals surface area contributed by atoms with Crippen LogP contribution in [0.1, 0.15) is 52.1 Å². The summed E-state index contributed by atoms with van der Waals surface area (Å²) in [4.78, 5) is 2.59. The number of anilines is 1. The van der Waals surface area contributed by atoms with E-state index < -0.39 is 0 Å². The highest BCUT2D eigenvalue weighted by Crippen LogP contribution is 2.39. The third-order valence-electron chi connectivity index (χ3n) is 4.58. The Morgan fingerprint density at radius 1 is 1.33 bits per heavy atom. The molecule has 0 amide bonds. The van der Waals surface area contributed by atoms with Crippen LogP contribution in [-0.2, 0) is 0 Å². The minimum absolute atomic E-state index is 0.301. The molecule has 1 aliphatic rings. The van der Waals surface area contributed by atoms with Gasteiger partial charge in [0.05, 0.1) is 7.11 Å². The van der Waals surface area contributed by atoms with Crippen molar-refractivity contribution in [2.45, 2.75) is 52.6 Å². The Kier molecular flexibility index (Phi) is 5.51. The molecule has 0 saturated carbocycles. The summed E-state index contributed by atoms with van der Waals surface area (Å²) in [5, 5.41) is 3.54. The maximum Gasteiger partial charge on any atom is 0.125 e. The first-order valence-electron chi connectivity index (χ1n) is 8.27. The van der Waals surface area contributed by atoms with Crippen molar-refractivity contribution in [1.29, 1.82) is 0 Å². The fourth-order valence-electron chi connectivity index (χ4n) is 3.59. The number of methoxy groups -OCH3 is 1. The lowest BCUT2D eigenvalue weighted by Gasteiger charge is -2.33. The Labute approximate surface area is 129 Å². The van der Waals surface area contributed by atoms with E-state index in [9.17, 15) is 0 Å². The normalized spacial score (nSPS) is 20.1. The third kappa shape index (κ3) is 3.34. The van der Waals surface area contributed by atoms with Crippen LogP contribution in [0, 0.1) is 5.92 Å². The minimum Gasteiger partial charge on any atom is -0.496 e. The van der Waals surface area contributed by atoms with Crippen molar-refractivity contribution in [2.75, 3.05) is 25.1 Å². The number of nitrogens with one attached hydrogen (secondary N) is 1. The van der Waals surface area contributed by atoms with E-state index in [1.165, 1.54) is 24.1 Å². The van der Waals surface area contributed by atoms with Gasteiger partial charge < -0.3 is 15.0 Å². The molecule has 1 aromatic rings. The van der Waals surface area contributed by atoms with E-state index in [1.807, 2.05) is 0 Å². The minimum atomic E-state index is 0.301. The van der Waals surface area contributed by atoms with E-state index in [0.717, 1.165) is 18.8 Å². The van der Waals surface area contributed by atoms with Gasteiger partial charge in [0.1, 0.15) is 5.75 Å². The summed E-state index contributed by atoms with van der Waals surface area (Å²) in [6.45, 7) is 11.2. The molecule has 0 aliphatic carbocycles.